The van der Waals surface area contributed by atoms with Gasteiger partial charge in [-0.05, 0) is 56.3 Å². The summed E-state index contributed by atoms with van der Waals surface area (Å²) in [5.41, 5.74) is 1.38. The highest BCUT2D eigenvalue weighted by Gasteiger charge is 2.26. The van der Waals surface area contributed by atoms with Crippen molar-refractivity contribution in [2.45, 2.75) is 24.8 Å². The van der Waals surface area contributed by atoms with Crippen LogP contribution in [0.2, 0.25) is 0 Å². The highest BCUT2D eigenvalue weighted by molar-refractivity contribution is 7.92. The number of sulfonamides is 1. The molecule has 0 bridgehead atoms. The number of carbonyl (C=O) groups is 1. The lowest BCUT2D eigenvalue weighted by Crippen LogP contribution is -2.30. The summed E-state index contributed by atoms with van der Waals surface area (Å²) < 4.78 is 38.9. The van der Waals surface area contributed by atoms with Crippen molar-refractivity contribution >= 4 is 21.7 Å². The molecule has 0 saturated carbocycles. The molecule has 3 aromatic carbocycles. The second-order valence-electron chi connectivity index (χ2n) is 7.39. The molecule has 174 valence electrons. The topological polar surface area (TPSA) is 103 Å². The lowest BCUT2D eigenvalue weighted by atomic mass is 10.2. The number of nitrogens with zero attached hydrogens (tertiary/aromatic N) is 3. The zero-order valence-electron chi connectivity index (χ0n) is 18.7. The number of hydrogen-bond acceptors (Lipinski definition) is 7. The molecule has 1 atom stereocenters. The van der Waals surface area contributed by atoms with Gasteiger partial charge in [-0.25, -0.2) is 13.2 Å². The van der Waals surface area contributed by atoms with Gasteiger partial charge in [0.15, 0.2) is 6.10 Å². The highest BCUT2D eigenvalue weighted by atomic mass is 32.2. The van der Waals surface area contributed by atoms with Crippen molar-refractivity contribution in [3.05, 3.63) is 96.4 Å². The van der Waals surface area contributed by atoms with Gasteiger partial charge in [0.1, 0.15) is 0 Å². The Labute approximate surface area is 197 Å². The maximum atomic E-state index is 13.3. The van der Waals surface area contributed by atoms with Crippen LogP contribution in [0, 0.1) is 0 Å². The summed E-state index contributed by atoms with van der Waals surface area (Å²) in [6, 6.07) is 23.8. The first-order valence-electron chi connectivity index (χ1n) is 10.7. The van der Waals surface area contributed by atoms with Gasteiger partial charge in [0, 0.05) is 12.1 Å². The standard InChI is InChI=1S/C25H23N3O5S/c1-3-28(21-14-8-5-9-15-21)34(30,31)22-16-10-13-20(17-22)25(29)32-18(2)23-26-27-24(33-23)19-11-6-4-7-12-19/h4-18H,3H2,1-2H3. The predicted molar refractivity (Wildman–Crippen MR) is 127 cm³/mol. The molecule has 4 aromatic rings. The summed E-state index contributed by atoms with van der Waals surface area (Å²) in [4.78, 5) is 12.8. The number of hydrogen-bond donors (Lipinski definition) is 0. The molecule has 0 saturated heterocycles. The van der Waals surface area contributed by atoms with Crippen LogP contribution in [0.4, 0.5) is 5.69 Å². The van der Waals surface area contributed by atoms with Crippen LogP contribution in [0.3, 0.4) is 0 Å². The van der Waals surface area contributed by atoms with E-state index in [1.54, 1.807) is 38.1 Å². The second-order valence-corrected chi connectivity index (χ2v) is 9.25. The Morgan fingerprint density at radius 3 is 2.32 bits per heavy atom. The van der Waals surface area contributed by atoms with Crippen molar-refractivity contribution in [1.29, 1.82) is 0 Å². The van der Waals surface area contributed by atoms with Gasteiger partial charge in [0.05, 0.1) is 16.1 Å². The van der Waals surface area contributed by atoms with Crippen LogP contribution in [0.1, 0.15) is 36.2 Å². The number of anilines is 1. The normalized spacial score (nSPS) is 12.2. The van der Waals surface area contributed by atoms with Crippen LogP contribution in [-0.2, 0) is 14.8 Å². The van der Waals surface area contributed by atoms with Crippen LogP contribution in [0.15, 0.2) is 94.2 Å². The van der Waals surface area contributed by atoms with Gasteiger partial charge in [-0.3, -0.25) is 4.31 Å². The van der Waals surface area contributed by atoms with Crippen molar-refractivity contribution < 1.29 is 22.4 Å². The van der Waals surface area contributed by atoms with Gasteiger partial charge in [-0.15, -0.1) is 10.2 Å². The van der Waals surface area contributed by atoms with Crippen molar-refractivity contribution in [1.82, 2.24) is 10.2 Å². The molecular formula is C25H23N3O5S. The molecule has 0 spiro atoms. The maximum Gasteiger partial charge on any atom is 0.338 e. The maximum absolute atomic E-state index is 13.3. The Morgan fingerprint density at radius 1 is 0.971 bits per heavy atom. The number of carbonyl (C=O) groups excluding carboxylic acids is 1. The molecule has 1 unspecified atom stereocenters. The Morgan fingerprint density at radius 2 is 1.65 bits per heavy atom. The number of ether oxygens (including phenoxy) is 1. The number of aromatic nitrogens is 2. The lowest BCUT2D eigenvalue weighted by Gasteiger charge is -2.23. The molecule has 1 heterocycles. The summed E-state index contributed by atoms with van der Waals surface area (Å²) in [5, 5.41) is 7.97. The summed E-state index contributed by atoms with van der Waals surface area (Å²) in [6.45, 7) is 3.59. The molecule has 0 N–H and O–H groups in total. The molecule has 1 aromatic heterocycles. The van der Waals surface area contributed by atoms with E-state index in [-0.39, 0.29) is 22.9 Å². The number of para-hydroxylation sites is 1. The Kier molecular flexibility index (Phi) is 6.74. The van der Waals surface area contributed by atoms with E-state index < -0.39 is 22.1 Å². The highest BCUT2D eigenvalue weighted by Crippen LogP contribution is 2.26. The van der Waals surface area contributed by atoms with E-state index in [4.69, 9.17) is 9.15 Å². The minimum absolute atomic E-state index is 0.00976. The number of benzene rings is 3. The Hall–Kier alpha value is -3.98. The molecule has 34 heavy (non-hydrogen) atoms. The SMILES string of the molecule is CCN(c1ccccc1)S(=O)(=O)c1cccc(C(=O)OC(C)c2nnc(-c3ccccc3)o2)c1. The van der Waals surface area contributed by atoms with E-state index in [9.17, 15) is 13.2 Å². The molecule has 8 nitrogen and oxygen atoms in total. The van der Waals surface area contributed by atoms with Crippen LogP contribution < -0.4 is 4.31 Å². The first kappa shape index (κ1) is 23.2. The average Bonchev–Trinajstić information content (AvgIpc) is 3.36. The van der Waals surface area contributed by atoms with Gasteiger partial charge < -0.3 is 9.15 Å². The summed E-state index contributed by atoms with van der Waals surface area (Å²) in [7, 11) is -3.88. The van der Waals surface area contributed by atoms with Gasteiger partial charge in [-0.2, -0.15) is 0 Å². The zero-order valence-corrected chi connectivity index (χ0v) is 19.5. The minimum Gasteiger partial charge on any atom is -0.449 e. The molecule has 0 amide bonds. The smallest absolute Gasteiger partial charge is 0.338 e. The minimum atomic E-state index is -3.88. The molecule has 4 rings (SSSR count). The van der Waals surface area contributed by atoms with Crippen LogP contribution in [-0.4, -0.2) is 31.1 Å². The van der Waals surface area contributed by atoms with Crippen molar-refractivity contribution in [3.8, 4) is 11.5 Å². The van der Waals surface area contributed by atoms with Crippen LogP contribution in [0.5, 0.6) is 0 Å². The van der Waals surface area contributed by atoms with Gasteiger partial charge in [0.2, 0.25) is 5.89 Å². The monoisotopic (exact) mass is 477 g/mol. The molecule has 0 aliphatic carbocycles. The van der Waals surface area contributed by atoms with E-state index in [1.165, 1.54) is 28.6 Å². The average molecular weight is 478 g/mol. The lowest BCUT2D eigenvalue weighted by molar-refractivity contribution is 0.0279. The van der Waals surface area contributed by atoms with E-state index in [1.807, 2.05) is 36.4 Å². The van der Waals surface area contributed by atoms with E-state index in [2.05, 4.69) is 10.2 Å². The molecule has 0 aliphatic rings. The van der Waals surface area contributed by atoms with Gasteiger partial charge in [0.25, 0.3) is 15.9 Å². The van der Waals surface area contributed by atoms with Crippen molar-refractivity contribution in [2.75, 3.05) is 10.8 Å². The fourth-order valence-corrected chi connectivity index (χ4v) is 4.89. The quantitative estimate of drug-likeness (QED) is 0.334. The second kappa shape index (κ2) is 9.88. The van der Waals surface area contributed by atoms with E-state index >= 15 is 0 Å². The van der Waals surface area contributed by atoms with Gasteiger partial charge in [-0.1, -0.05) is 42.5 Å². The first-order chi connectivity index (χ1) is 16.4. The molecular weight excluding hydrogens is 454 g/mol. The largest absolute Gasteiger partial charge is 0.449 e. The van der Waals surface area contributed by atoms with Crippen molar-refractivity contribution in [3.63, 3.8) is 0 Å². The van der Waals surface area contributed by atoms with Crippen molar-refractivity contribution in [2.24, 2.45) is 0 Å². The Balaban J connectivity index is 1.52. The van der Waals surface area contributed by atoms with Gasteiger partial charge >= 0.3 is 5.97 Å². The Bertz CT molecular complexity index is 1370. The third kappa shape index (κ3) is 4.84. The molecule has 9 heteroatoms. The van der Waals surface area contributed by atoms with E-state index in [0.717, 1.165) is 5.56 Å². The predicted octanol–water partition coefficient (Wildman–Crippen LogP) is 4.87. The number of esters is 1. The summed E-state index contributed by atoms with van der Waals surface area (Å²) >= 11 is 0. The molecule has 0 fully saturated rings. The molecule has 0 aliphatic heterocycles. The first-order valence-corrected chi connectivity index (χ1v) is 12.1. The number of rotatable bonds is 8. The fourth-order valence-electron chi connectivity index (χ4n) is 3.37. The molecule has 0 radical (unpaired) electrons. The van der Waals surface area contributed by atoms with Crippen LogP contribution in [0.25, 0.3) is 11.5 Å². The third-order valence-electron chi connectivity index (χ3n) is 5.08. The van der Waals surface area contributed by atoms with E-state index in [0.29, 0.717) is 11.6 Å². The summed E-state index contributed by atoms with van der Waals surface area (Å²) in [6.07, 6.45) is -0.825. The fraction of sp³-hybridized carbons (Fsp3) is 0.160. The third-order valence-corrected chi connectivity index (χ3v) is 6.98. The van der Waals surface area contributed by atoms with Crippen LogP contribution >= 0.6 is 0 Å². The summed E-state index contributed by atoms with van der Waals surface area (Å²) in [5.74, 6) is -0.254. The zero-order chi connectivity index (χ0) is 24.1.